The lowest BCUT2D eigenvalue weighted by Crippen LogP contribution is -2.03. The highest BCUT2D eigenvalue weighted by Crippen LogP contribution is 2.21. The predicted octanol–water partition coefficient (Wildman–Crippen LogP) is 2.05. The van der Waals surface area contributed by atoms with Gasteiger partial charge >= 0.3 is 0 Å². The number of halogens is 1. The Hall–Kier alpha value is -1.49. The zero-order chi connectivity index (χ0) is 11.4. The molecule has 0 aliphatic heterocycles. The maximum atomic E-state index is 12.8. The molecule has 0 spiro atoms. The highest BCUT2D eigenvalue weighted by Gasteiger charge is 2.14. The molecule has 0 radical (unpaired) electrons. The minimum absolute atomic E-state index is 0.1000. The molecule has 0 aromatic heterocycles. The van der Waals surface area contributed by atoms with E-state index in [1.807, 2.05) is 0 Å². The first-order valence-electron chi connectivity index (χ1n) is 4.61. The summed E-state index contributed by atoms with van der Waals surface area (Å²) in [5.74, 6) is -0.499. The maximum absolute atomic E-state index is 12.8. The molecule has 1 N–H and O–H groups in total. The summed E-state index contributed by atoms with van der Waals surface area (Å²) in [5, 5.41) is 19.6. The molecule has 1 aromatic rings. The molecule has 0 aliphatic carbocycles. The van der Waals surface area contributed by atoms with E-state index in [0.717, 1.165) is 18.2 Å². The monoisotopic (exact) mass is 213 g/mol. The maximum Gasteiger partial charge on any atom is 0.272 e. The average Bonchev–Trinajstić information content (AvgIpc) is 2.14. The summed E-state index contributed by atoms with van der Waals surface area (Å²) in [4.78, 5) is 10.1. The Bertz CT molecular complexity index is 366. The van der Waals surface area contributed by atoms with Gasteiger partial charge in [-0.05, 0) is 31.9 Å². The number of benzene rings is 1. The molecule has 0 fully saturated rings. The zero-order valence-corrected chi connectivity index (χ0v) is 8.31. The van der Waals surface area contributed by atoms with E-state index in [4.69, 9.17) is 5.11 Å². The number of aliphatic hydroxyl groups is 1. The molecule has 1 aromatic carbocycles. The van der Waals surface area contributed by atoms with Gasteiger partial charge in [0.25, 0.3) is 5.69 Å². The van der Waals surface area contributed by atoms with Crippen molar-refractivity contribution in [2.45, 2.75) is 25.9 Å². The van der Waals surface area contributed by atoms with Crippen LogP contribution >= 0.6 is 0 Å². The Morgan fingerprint density at radius 3 is 2.80 bits per heavy atom. The van der Waals surface area contributed by atoms with Crippen LogP contribution in [0.1, 0.15) is 18.9 Å². The Balaban J connectivity index is 2.92. The molecule has 1 atom stereocenters. The molecule has 1 rings (SSSR count). The SMILES string of the molecule is CC(O)CCc1cc(F)ccc1[N+](=O)[O-]. The Morgan fingerprint density at radius 1 is 1.60 bits per heavy atom. The normalized spacial score (nSPS) is 12.5. The van der Waals surface area contributed by atoms with E-state index in [-0.39, 0.29) is 5.69 Å². The third kappa shape index (κ3) is 3.28. The quantitative estimate of drug-likeness (QED) is 0.615. The predicted molar refractivity (Wildman–Crippen MR) is 53.1 cm³/mol. The van der Waals surface area contributed by atoms with Crippen LogP contribution in [0.4, 0.5) is 10.1 Å². The smallest absolute Gasteiger partial charge is 0.272 e. The number of aliphatic hydroxyl groups excluding tert-OH is 1. The molecule has 0 aliphatic rings. The molecule has 1 unspecified atom stereocenters. The van der Waals surface area contributed by atoms with E-state index in [9.17, 15) is 14.5 Å². The van der Waals surface area contributed by atoms with E-state index in [1.165, 1.54) is 0 Å². The summed E-state index contributed by atoms with van der Waals surface area (Å²) < 4.78 is 12.8. The van der Waals surface area contributed by atoms with Crippen LogP contribution in [-0.4, -0.2) is 16.1 Å². The van der Waals surface area contributed by atoms with Crippen LogP contribution in [0, 0.1) is 15.9 Å². The third-order valence-corrected chi connectivity index (χ3v) is 2.07. The second-order valence-corrected chi connectivity index (χ2v) is 3.42. The summed E-state index contributed by atoms with van der Waals surface area (Å²) in [6.45, 7) is 1.59. The molecule has 0 saturated heterocycles. The topological polar surface area (TPSA) is 63.4 Å². The van der Waals surface area contributed by atoms with Gasteiger partial charge in [0, 0.05) is 11.6 Å². The number of hydrogen-bond acceptors (Lipinski definition) is 3. The van der Waals surface area contributed by atoms with E-state index in [2.05, 4.69) is 0 Å². The number of aryl methyl sites for hydroxylation is 1. The first-order chi connectivity index (χ1) is 7.00. The molecular formula is C10H12FNO3. The molecule has 0 bridgehead atoms. The number of nitro benzene ring substituents is 1. The van der Waals surface area contributed by atoms with E-state index >= 15 is 0 Å². The van der Waals surface area contributed by atoms with Crippen molar-refractivity contribution in [1.29, 1.82) is 0 Å². The van der Waals surface area contributed by atoms with Gasteiger partial charge in [0.2, 0.25) is 0 Å². The van der Waals surface area contributed by atoms with Crippen LogP contribution in [-0.2, 0) is 6.42 Å². The zero-order valence-electron chi connectivity index (χ0n) is 8.31. The first kappa shape index (κ1) is 11.6. The summed E-state index contributed by atoms with van der Waals surface area (Å²) >= 11 is 0. The molecule has 0 heterocycles. The van der Waals surface area contributed by atoms with Crippen molar-refractivity contribution in [1.82, 2.24) is 0 Å². The first-order valence-corrected chi connectivity index (χ1v) is 4.61. The summed E-state index contributed by atoms with van der Waals surface area (Å²) in [6.07, 6.45) is 0.128. The molecule has 0 saturated carbocycles. The van der Waals surface area contributed by atoms with Gasteiger partial charge in [0.05, 0.1) is 11.0 Å². The van der Waals surface area contributed by atoms with Crippen LogP contribution in [0.3, 0.4) is 0 Å². The number of nitrogens with zero attached hydrogens (tertiary/aromatic N) is 1. The summed E-state index contributed by atoms with van der Waals surface area (Å²) in [5.41, 5.74) is 0.220. The Morgan fingerprint density at radius 2 is 2.27 bits per heavy atom. The van der Waals surface area contributed by atoms with E-state index in [0.29, 0.717) is 18.4 Å². The van der Waals surface area contributed by atoms with Crippen molar-refractivity contribution in [2.24, 2.45) is 0 Å². The Labute approximate surface area is 86.5 Å². The van der Waals surface area contributed by atoms with Crippen molar-refractivity contribution < 1.29 is 14.4 Å². The molecule has 82 valence electrons. The van der Waals surface area contributed by atoms with Crippen LogP contribution in [0.25, 0.3) is 0 Å². The van der Waals surface area contributed by atoms with Gasteiger partial charge in [-0.1, -0.05) is 0 Å². The number of rotatable bonds is 4. The fourth-order valence-electron chi connectivity index (χ4n) is 1.30. The van der Waals surface area contributed by atoms with Crippen molar-refractivity contribution in [3.63, 3.8) is 0 Å². The second-order valence-electron chi connectivity index (χ2n) is 3.42. The average molecular weight is 213 g/mol. The van der Waals surface area contributed by atoms with Gasteiger partial charge in [-0.2, -0.15) is 0 Å². The fraction of sp³-hybridized carbons (Fsp3) is 0.400. The lowest BCUT2D eigenvalue weighted by atomic mass is 10.1. The molecule has 5 heteroatoms. The summed E-state index contributed by atoms with van der Waals surface area (Å²) in [6, 6.07) is 3.34. The van der Waals surface area contributed by atoms with Gasteiger partial charge in [-0.25, -0.2) is 4.39 Å². The standard InChI is InChI=1S/C10H12FNO3/c1-7(13)2-3-8-6-9(11)4-5-10(8)12(14)15/h4-7,13H,2-3H2,1H3. The molecule has 15 heavy (non-hydrogen) atoms. The molecular weight excluding hydrogens is 201 g/mol. The van der Waals surface area contributed by atoms with Crippen LogP contribution < -0.4 is 0 Å². The van der Waals surface area contributed by atoms with Crippen LogP contribution in [0.5, 0.6) is 0 Å². The van der Waals surface area contributed by atoms with Gasteiger partial charge < -0.3 is 5.11 Å². The van der Waals surface area contributed by atoms with Gasteiger partial charge in [0.1, 0.15) is 5.82 Å². The van der Waals surface area contributed by atoms with Crippen LogP contribution in [0.15, 0.2) is 18.2 Å². The Kier molecular flexibility index (Phi) is 3.74. The minimum Gasteiger partial charge on any atom is -0.393 e. The largest absolute Gasteiger partial charge is 0.393 e. The third-order valence-electron chi connectivity index (χ3n) is 2.07. The fourth-order valence-corrected chi connectivity index (χ4v) is 1.30. The van der Waals surface area contributed by atoms with E-state index in [1.54, 1.807) is 6.92 Å². The van der Waals surface area contributed by atoms with Crippen molar-refractivity contribution in [2.75, 3.05) is 0 Å². The van der Waals surface area contributed by atoms with E-state index < -0.39 is 16.8 Å². The van der Waals surface area contributed by atoms with Crippen LogP contribution in [0.2, 0.25) is 0 Å². The highest BCUT2D eigenvalue weighted by molar-refractivity contribution is 5.40. The molecule has 0 amide bonds. The minimum atomic E-state index is -0.548. The second kappa shape index (κ2) is 4.84. The number of nitro groups is 1. The van der Waals surface area contributed by atoms with Crippen molar-refractivity contribution in [3.8, 4) is 0 Å². The van der Waals surface area contributed by atoms with Crippen molar-refractivity contribution in [3.05, 3.63) is 39.7 Å². The lowest BCUT2D eigenvalue weighted by Gasteiger charge is -2.05. The summed E-state index contributed by atoms with van der Waals surface area (Å²) in [7, 11) is 0. The van der Waals surface area contributed by atoms with Gasteiger partial charge in [-0.3, -0.25) is 10.1 Å². The van der Waals surface area contributed by atoms with Gasteiger partial charge in [-0.15, -0.1) is 0 Å². The highest BCUT2D eigenvalue weighted by atomic mass is 19.1. The molecule has 4 nitrogen and oxygen atoms in total. The van der Waals surface area contributed by atoms with Crippen molar-refractivity contribution >= 4 is 5.69 Å². The lowest BCUT2D eigenvalue weighted by molar-refractivity contribution is -0.385. The van der Waals surface area contributed by atoms with Gasteiger partial charge in [0.15, 0.2) is 0 Å². The number of hydrogen-bond donors (Lipinski definition) is 1.